The van der Waals surface area contributed by atoms with Gasteiger partial charge in [-0.15, -0.1) is 0 Å². The van der Waals surface area contributed by atoms with Crippen LogP contribution in [0, 0.1) is 11.8 Å². The minimum absolute atomic E-state index is 0.0482. The Morgan fingerprint density at radius 3 is 2.45 bits per heavy atom. The number of carbonyl (C=O) groups excluding carboxylic acids is 2. The van der Waals surface area contributed by atoms with Gasteiger partial charge in [0.1, 0.15) is 6.04 Å². The second kappa shape index (κ2) is 8.86. The third-order valence-electron chi connectivity index (χ3n) is 7.05. The number of amides is 2. The topological polar surface area (TPSA) is 52.7 Å². The molecule has 4 rings (SSSR count). The Balaban J connectivity index is 1.43. The molecule has 5 heteroatoms. The highest BCUT2D eigenvalue weighted by atomic mass is 16.2. The van der Waals surface area contributed by atoms with Crippen molar-refractivity contribution in [1.82, 2.24) is 15.1 Å². The van der Waals surface area contributed by atoms with Crippen LogP contribution in [0.2, 0.25) is 0 Å². The van der Waals surface area contributed by atoms with Crippen LogP contribution in [0.15, 0.2) is 24.3 Å². The van der Waals surface area contributed by atoms with E-state index in [1.807, 2.05) is 35.8 Å². The summed E-state index contributed by atoms with van der Waals surface area (Å²) in [6.07, 6.45) is 6.20. The van der Waals surface area contributed by atoms with Gasteiger partial charge in [-0.3, -0.25) is 9.59 Å². The van der Waals surface area contributed by atoms with Gasteiger partial charge in [0, 0.05) is 38.0 Å². The Morgan fingerprint density at radius 1 is 1.10 bits per heavy atom. The summed E-state index contributed by atoms with van der Waals surface area (Å²) in [5.41, 5.74) is 2.39. The molecular weight excluding hydrogens is 362 g/mol. The zero-order valence-electron chi connectivity index (χ0n) is 17.9. The molecule has 2 fully saturated rings. The summed E-state index contributed by atoms with van der Waals surface area (Å²) in [7, 11) is 0. The number of hydrogen-bond acceptors (Lipinski definition) is 3. The molecular formula is C24H35N3O2. The molecule has 1 saturated carbocycles. The maximum absolute atomic E-state index is 13.5. The average Bonchev–Trinajstić information content (AvgIpc) is 3.60. The summed E-state index contributed by atoms with van der Waals surface area (Å²) in [6, 6.07) is 8.42. The van der Waals surface area contributed by atoms with Crippen LogP contribution in [-0.2, 0) is 22.6 Å². The van der Waals surface area contributed by atoms with Crippen molar-refractivity contribution in [2.45, 2.75) is 71.0 Å². The lowest BCUT2D eigenvalue weighted by Crippen LogP contribution is -2.56. The smallest absolute Gasteiger partial charge is 0.245 e. The predicted molar refractivity (Wildman–Crippen MR) is 114 cm³/mol. The van der Waals surface area contributed by atoms with Crippen LogP contribution in [0.1, 0.15) is 57.1 Å². The van der Waals surface area contributed by atoms with Gasteiger partial charge in [0.25, 0.3) is 0 Å². The molecule has 1 saturated heterocycles. The summed E-state index contributed by atoms with van der Waals surface area (Å²) in [5, 5.41) is 3.68. The SMILES string of the molecule is CCC(C)C(=O)N1Cc2ccccc2CC1C(=O)N1CCC(NCC2CC2)CC1. The maximum Gasteiger partial charge on any atom is 0.245 e. The quantitative estimate of drug-likeness (QED) is 0.803. The van der Waals surface area contributed by atoms with Crippen molar-refractivity contribution in [2.75, 3.05) is 19.6 Å². The van der Waals surface area contributed by atoms with E-state index in [0.717, 1.165) is 44.8 Å². The summed E-state index contributed by atoms with van der Waals surface area (Å²) < 4.78 is 0. The van der Waals surface area contributed by atoms with Crippen LogP contribution in [0.4, 0.5) is 0 Å². The van der Waals surface area contributed by atoms with Crippen LogP contribution in [0.5, 0.6) is 0 Å². The van der Waals surface area contributed by atoms with Gasteiger partial charge in [-0.25, -0.2) is 0 Å². The van der Waals surface area contributed by atoms with Gasteiger partial charge in [0.05, 0.1) is 0 Å². The molecule has 5 nitrogen and oxygen atoms in total. The van der Waals surface area contributed by atoms with Crippen molar-refractivity contribution in [3.63, 3.8) is 0 Å². The molecule has 1 aromatic carbocycles. The Bertz CT molecular complexity index is 737. The van der Waals surface area contributed by atoms with Crippen molar-refractivity contribution < 1.29 is 9.59 Å². The summed E-state index contributed by atoms with van der Waals surface area (Å²) >= 11 is 0. The fourth-order valence-corrected chi connectivity index (χ4v) is 4.60. The van der Waals surface area contributed by atoms with E-state index < -0.39 is 0 Å². The molecule has 2 unspecified atom stereocenters. The highest BCUT2D eigenvalue weighted by Crippen LogP contribution is 2.29. The van der Waals surface area contributed by atoms with Crippen molar-refractivity contribution in [2.24, 2.45) is 11.8 Å². The van der Waals surface area contributed by atoms with Gasteiger partial charge in [-0.2, -0.15) is 0 Å². The predicted octanol–water partition coefficient (Wildman–Crippen LogP) is 2.98. The molecule has 3 aliphatic rings. The zero-order chi connectivity index (χ0) is 20.4. The van der Waals surface area contributed by atoms with Gasteiger partial charge >= 0.3 is 0 Å². The molecule has 2 heterocycles. The van der Waals surface area contributed by atoms with Gasteiger partial charge in [0.2, 0.25) is 11.8 Å². The molecule has 29 heavy (non-hydrogen) atoms. The Hall–Kier alpha value is -1.88. The molecule has 1 aromatic rings. The van der Waals surface area contributed by atoms with E-state index in [2.05, 4.69) is 17.4 Å². The van der Waals surface area contributed by atoms with Gasteiger partial charge in [0.15, 0.2) is 0 Å². The molecule has 0 spiro atoms. The van der Waals surface area contributed by atoms with Crippen molar-refractivity contribution in [3.05, 3.63) is 35.4 Å². The number of piperidine rings is 1. The number of likely N-dealkylation sites (tertiary alicyclic amines) is 1. The first-order chi connectivity index (χ1) is 14.1. The van der Waals surface area contributed by atoms with Crippen molar-refractivity contribution >= 4 is 11.8 Å². The standard InChI is InChI=1S/C24H35N3O2/c1-3-17(2)23(28)27-16-20-7-5-4-6-19(20)14-22(27)24(29)26-12-10-21(11-13-26)25-15-18-8-9-18/h4-7,17-18,21-22,25H,3,8-16H2,1-2H3. The number of nitrogens with zero attached hydrogens (tertiary/aromatic N) is 2. The second-order valence-corrected chi connectivity index (χ2v) is 9.22. The van der Waals surface area contributed by atoms with Gasteiger partial charge < -0.3 is 15.1 Å². The number of rotatable bonds is 6. The van der Waals surface area contributed by atoms with Crippen molar-refractivity contribution in [1.29, 1.82) is 0 Å². The molecule has 1 aliphatic carbocycles. The summed E-state index contributed by atoms with van der Waals surface area (Å²) in [4.78, 5) is 30.4. The van der Waals surface area contributed by atoms with E-state index >= 15 is 0 Å². The normalized spacial score (nSPS) is 23.6. The Labute approximate surface area is 174 Å². The maximum atomic E-state index is 13.5. The minimum Gasteiger partial charge on any atom is -0.341 e. The van der Waals surface area contributed by atoms with E-state index in [4.69, 9.17) is 0 Å². The Morgan fingerprint density at radius 2 is 1.79 bits per heavy atom. The lowest BCUT2D eigenvalue weighted by molar-refractivity contribution is -0.150. The van der Waals surface area contributed by atoms with E-state index in [1.165, 1.54) is 24.0 Å². The van der Waals surface area contributed by atoms with Crippen LogP contribution >= 0.6 is 0 Å². The van der Waals surface area contributed by atoms with Crippen LogP contribution < -0.4 is 5.32 Å². The summed E-state index contributed by atoms with van der Waals surface area (Å²) in [5.74, 6) is 1.09. The van der Waals surface area contributed by atoms with E-state index in [0.29, 0.717) is 19.0 Å². The molecule has 2 amide bonds. The molecule has 0 bridgehead atoms. The second-order valence-electron chi connectivity index (χ2n) is 9.22. The van der Waals surface area contributed by atoms with E-state index in [9.17, 15) is 9.59 Å². The molecule has 0 aromatic heterocycles. The summed E-state index contributed by atoms with van der Waals surface area (Å²) in [6.45, 7) is 7.29. The number of benzene rings is 1. The van der Waals surface area contributed by atoms with Gasteiger partial charge in [-0.05, 0) is 55.7 Å². The molecule has 1 N–H and O–H groups in total. The number of nitrogens with one attached hydrogen (secondary N) is 1. The lowest BCUT2D eigenvalue weighted by atomic mass is 9.91. The minimum atomic E-state index is -0.359. The van der Waals surface area contributed by atoms with E-state index in [1.54, 1.807) is 0 Å². The lowest BCUT2D eigenvalue weighted by Gasteiger charge is -2.41. The zero-order valence-corrected chi connectivity index (χ0v) is 17.9. The first kappa shape index (κ1) is 20.4. The first-order valence-corrected chi connectivity index (χ1v) is 11.5. The van der Waals surface area contributed by atoms with Crippen molar-refractivity contribution in [3.8, 4) is 0 Å². The largest absolute Gasteiger partial charge is 0.341 e. The average molecular weight is 398 g/mol. The third kappa shape index (κ3) is 4.66. The number of hydrogen-bond donors (Lipinski definition) is 1. The molecule has 2 aliphatic heterocycles. The highest BCUT2D eigenvalue weighted by Gasteiger charge is 2.38. The van der Waals surface area contributed by atoms with Crippen LogP contribution in [-0.4, -0.2) is 53.3 Å². The molecule has 0 radical (unpaired) electrons. The fourth-order valence-electron chi connectivity index (χ4n) is 4.60. The van der Waals surface area contributed by atoms with Crippen LogP contribution in [0.3, 0.4) is 0 Å². The monoisotopic (exact) mass is 397 g/mol. The Kier molecular flexibility index (Phi) is 6.23. The number of carbonyl (C=O) groups is 2. The third-order valence-corrected chi connectivity index (χ3v) is 7.05. The fraction of sp³-hybridized carbons (Fsp3) is 0.667. The van der Waals surface area contributed by atoms with Crippen LogP contribution in [0.25, 0.3) is 0 Å². The van der Waals surface area contributed by atoms with Gasteiger partial charge in [-0.1, -0.05) is 38.1 Å². The molecule has 158 valence electrons. The highest BCUT2D eigenvalue weighted by molar-refractivity contribution is 5.89. The van der Waals surface area contributed by atoms with E-state index in [-0.39, 0.29) is 23.8 Å². The first-order valence-electron chi connectivity index (χ1n) is 11.5. The molecule has 2 atom stereocenters. The number of fused-ring (bicyclic) bond motifs is 1.